The summed E-state index contributed by atoms with van der Waals surface area (Å²) in [6.45, 7) is 0.686. The quantitative estimate of drug-likeness (QED) is 0.719. The van der Waals surface area contributed by atoms with Crippen LogP contribution in [0.1, 0.15) is 24.7 Å². The van der Waals surface area contributed by atoms with Crippen LogP contribution in [0.2, 0.25) is 5.02 Å². The van der Waals surface area contributed by atoms with E-state index in [0.29, 0.717) is 23.6 Å². The van der Waals surface area contributed by atoms with Crippen LogP contribution in [0.4, 0.5) is 4.39 Å². The Hall–Kier alpha value is -2.25. The van der Waals surface area contributed by atoms with Gasteiger partial charge in [-0.2, -0.15) is 4.98 Å². The van der Waals surface area contributed by atoms with Crippen molar-refractivity contribution >= 4 is 11.6 Å². The standard InChI is InChI=1S/C15H11ClFN3O3/c16-10-6-8(17)3-4-9(10)14-19-15(23-20-14)12-13(22-7-18-12)11-2-1-5-21-11/h3-4,6-7,11H,1-2,5H2/t11-/m1/s1. The Labute approximate surface area is 135 Å². The molecule has 1 aromatic carbocycles. The predicted octanol–water partition coefficient (Wildman–Crippen LogP) is 4.04. The second kappa shape index (κ2) is 5.75. The fraction of sp³-hybridized carbons (Fsp3) is 0.267. The number of benzene rings is 1. The summed E-state index contributed by atoms with van der Waals surface area (Å²) in [5, 5.41) is 4.09. The van der Waals surface area contributed by atoms with E-state index >= 15 is 0 Å². The zero-order valence-electron chi connectivity index (χ0n) is 11.8. The summed E-state index contributed by atoms with van der Waals surface area (Å²) < 4.78 is 29.4. The SMILES string of the molecule is Fc1ccc(-c2noc(-c3ncoc3[C@H]3CCCO3)n2)c(Cl)c1. The van der Waals surface area contributed by atoms with Crippen molar-refractivity contribution in [3.05, 3.63) is 41.2 Å². The number of rotatable bonds is 3. The first kappa shape index (κ1) is 14.3. The molecule has 0 bridgehead atoms. The Kier molecular flexibility index (Phi) is 3.59. The Morgan fingerprint density at radius 3 is 3.00 bits per heavy atom. The molecule has 0 amide bonds. The van der Waals surface area contributed by atoms with Crippen LogP contribution in [-0.4, -0.2) is 21.7 Å². The normalized spacial score (nSPS) is 17.7. The van der Waals surface area contributed by atoms with Gasteiger partial charge in [0.1, 0.15) is 11.9 Å². The fourth-order valence-corrected chi connectivity index (χ4v) is 2.78. The number of nitrogens with zero attached hydrogens (tertiary/aromatic N) is 3. The van der Waals surface area contributed by atoms with Gasteiger partial charge in [-0.3, -0.25) is 0 Å². The van der Waals surface area contributed by atoms with E-state index in [1.54, 1.807) is 0 Å². The molecule has 1 aliphatic heterocycles. The van der Waals surface area contributed by atoms with E-state index in [9.17, 15) is 4.39 Å². The first-order chi connectivity index (χ1) is 11.2. The molecule has 3 aromatic rings. The molecule has 2 aromatic heterocycles. The minimum atomic E-state index is -0.431. The average molecular weight is 336 g/mol. The van der Waals surface area contributed by atoms with E-state index < -0.39 is 5.82 Å². The van der Waals surface area contributed by atoms with Gasteiger partial charge >= 0.3 is 0 Å². The number of hydrogen-bond acceptors (Lipinski definition) is 6. The molecular weight excluding hydrogens is 325 g/mol. The van der Waals surface area contributed by atoms with E-state index in [4.69, 9.17) is 25.3 Å². The van der Waals surface area contributed by atoms with Gasteiger partial charge in [-0.15, -0.1) is 0 Å². The van der Waals surface area contributed by atoms with Gasteiger partial charge in [0.2, 0.25) is 5.82 Å². The molecule has 1 fully saturated rings. The van der Waals surface area contributed by atoms with E-state index in [1.165, 1.54) is 24.6 Å². The lowest BCUT2D eigenvalue weighted by Crippen LogP contribution is -1.96. The smallest absolute Gasteiger partial charge is 0.280 e. The number of aromatic nitrogens is 3. The summed E-state index contributed by atoms with van der Waals surface area (Å²) in [5.41, 5.74) is 0.930. The Bertz CT molecular complexity index is 842. The minimum Gasteiger partial charge on any atom is -0.445 e. The third-order valence-corrected chi connectivity index (χ3v) is 3.93. The molecule has 6 nitrogen and oxygen atoms in total. The summed E-state index contributed by atoms with van der Waals surface area (Å²) in [6, 6.07) is 3.97. The van der Waals surface area contributed by atoms with Crippen LogP contribution < -0.4 is 0 Å². The highest BCUT2D eigenvalue weighted by atomic mass is 35.5. The fourth-order valence-electron chi connectivity index (χ4n) is 2.53. The minimum absolute atomic E-state index is 0.155. The molecule has 0 saturated carbocycles. The maximum atomic E-state index is 13.1. The van der Waals surface area contributed by atoms with Gasteiger partial charge < -0.3 is 13.7 Å². The molecular formula is C15H11ClFN3O3. The lowest BCUT2D eigenvalue weighted by atomic mass is 10.1. The van der Waals surface area contributed by atoms with Crippen LogP contribution in [0.25, 0.3) is 23.0 Å². The zero-order chi connectivity index (χ0) is 15.8. The van der Waals surface area contributed by atoms with Gasteiger partial charge in [-0.05, 0) is 31.0 Å². The summed E-state index contributed by atoms with van der Waals surface area (Å²) >= 11 is 6.02. The monoisotopic (exact) mass is 335 g/mol. The van der Waals surface area contributed by atoms with E-state index in [2.05, 4.69) is 15.1 Å². The third kappa shape index (κ3) is 2.62. The second-order valence-electron chi connectivity index (χ2n) is 5.11. The van der Waals surface area contributed by atoms with Crippen LogP contribution in [0.3, 0.4) is 0 Å². The molecule has 0 unspecified atom stereocenters. The highest BCUT2D eigenvalue weighted by Gasteiger charge is 2.28. The second-order valence-corrected chi connectivity index (χ2v) is 5.52. The maximum absolute atomic E-state index is 13.1. The number of ether oxygens (including phenoxy) is 1. The van der Waals surface area contributed by atoms with Crippen molar-refractivity contribution in [1.29, 1.82) is 0 Å². The first-order valence-electron chi connectivity index (χ1n) is 7.07. The van der Waals surface area contributed by atoms with Crippen molar-refractivity contribution in [3.8, 4) is 23.0 Å². The molecule has 3 heterocycles. The molecule has 1 saturated heterocycles. The van der Waals surface area contributed by atoms with Crippen molar-refractivity contribution in [2.45, 2.75) is 18.9 Å². The van der Waals surface area contributed by atoms with Crippen molar-refractivity contribution in [2.24, 2.45) is 0 Å². The molecule has 23 heavy (non-hydrogen) atoms. The van der Waals surface area contributed by atoms with Crippen molar-refractivity contribution < 1.29 is 18.1 Å². The predicted molar refractivity (Wildman–Crippen MR) is 78.1 cm³/mol. The number of halogens is 2. The van der Waals surface area contributed by atoms with Gasteiger partial charge in [0, 0.05) is 12.2 Å². The Morgan fingerprint density at radius 1 is 1.30 bits per heavy atom. The van der Waals surface area contributed by atoms with E-state index in [-0.39, 0.29) is 22.8 Å². The number of hydrogen-bond donors (Lipinski definition) is 0. The topological polar surface area (TPSA) is 74.2 Å². The molecule has 118 valence electrons. The largest absolute Gasteiger partial charge is 0.445 e. The lowest BCUT2D eigenvalue weighted by molar-refractivity contribution is 0.0939. The van der Waals surface area contributed by atoms with Gasteiger partial charge in [-0.25, -0.2) is 9.37 Å². The highest BCUT2D eigenvalue weighted by Crippen LogP contribution is 2.35. The van der Waals surface area contributed by atoms with Gasteiger partial charge in [0.15, 0.2) is 17.8 Å². The van der Waals surface area contributed by atoms with Crippen LogP contribution in [0.15, 0.2) is 33.5 Å². The van der Waals surface area contributed by atoms with Crippen molar-refractivity contribution in [1.82, 2.24) is 15.1 Å². The van der Waals surface area contributed by atoms with Crippen LogP contribution >= 0.6 is 11.6 Å². The third-order valence-electron chi connectivity index (χ3n) is 3.62. The molecule has 1 aliphatic rings. The van der Waals surface area contributed by atoms with E-state index in [1.807, 2.05) is 0 Å². The van der Waals surface area contributed by atoms with Gasteiger partial charge in [0.25, 0.3) is 5.89 Å². The van der Waals surface area contributed by atoms with Gasteiger partial charge in [-0.1, -0.05) is 16.8 Å². The molecule has 0 radical (unpaired) electrons. The number of oxazole rings is 1. The molecule has 8 heteroatoms. The molecule has 1 atom stereocenters. The van der Waals surface area contributed by atoms with Crippen LogP contribution in [0, 0.1) is 5.82 Å². The zero-order valence-corrected chi connectivity index (χ0v) is 12.6. The first-order valence-corrected chi connectivity index (χ1v) is 7.44. The van der Waals surface area contributed by atoms with Gasteiger partial charge in [0.05, 0.1) is 5.02 Å². The summed E-state index contributed by atoms with van der Waals surface area (Å²) in [7, 11) is 0. The summed E-state index contributed by atoms with van der Waals surface area (Å²) in [5.74, 6) is 0.605. The molecule has 0 spiro atoms. The van der Waals surface area contributed by atoms with Crippen LogP contribution in [-0.2, 0) is 4.74 Å². The Balaban J connectivity index is 1.70. The summed E-state index contributed by atoms with van der Waals surface area (Å²) in [4.78, 5) is 8.42. The average Bonchev–Trinajstić information content (AvgIpc) is 3.27. The van der Waals surface area contributed by atoms with Crippen LogP contribution in [0.5, 0.6) is 0 Å². The van der Waals surface area contributed by atoms with E-state index in [0.717, 1.165) is 12.8 Å². The Morgan fingerprint density at radius 2 is 2.22 bits per heavy atom. The highest BCUT2D eigenvalue weighted by molar-refractivity contribution is 6.33. The summed E-state index contributed by atoms with van der Waals surface area (Å²) in [6.07, 6.45) is 2.98. The molecule has 0 N–H and O–H groups in total. The maximum Gasteiger partial charge on any atom is 0.280 e. The van der Waals surface area contributed by atoms with Crippen molar-refractivity contribution in [3.63, 3.8) is 0 Å². The molecule has 0 aliphatic carbocycles. The molecule has 4 rings (SSSR count). The lowest BCUT2D eigenvalue weighted by Gasteiger charge is -2.05. The van der Waals surface area contributed by atoms with Crippen molar-refractivity contribution in [2.75, 3.05) is 6.61 Å².